The largest absolute Gasteiger partial charge is 0.490 e. The van der Waals surface area contributed by atoms with Gasteiger partial charge in [-0.1, -0.05) is 6.07 Å². The van der Waals surface area contributed by atoms with Crippen LogP contribution in [0.25, 0.3) is 0 Å². The molecule has 0 saturated heterocycles. The van der Waals surface area contributed by atoms with Gasteiger partial charge in [0.15, 0.2) is 11.6 Å². The Morgan fingerprint density at radius 1 is 1.36 bits per heavy atom. The fourth-order valence-corrected chi connectivity index (χ4v) is 2.74. The van der Waals surface area contributed by atoms with Gasteiger partial charge in [0.25, 0.3) is 0 Å². The first-order valence-electron chi connectivity index (χ1n) is 7.93. The number of rotatable bonds is 8. The number of hydrogen-bond acceptors (Lipinski definition) is 2. The highest BCUT2D eigenvalue weighted by molar-refractivity contribution is 7.84. The molecular weight excluding hydrogens is 301 g/mol. The van der Waals surface area contributed by atoms with Crippen molar-refractivity contribution in [1.82, 2.24) is 4.72 Å². The lowest BCUT2D eigenvalue weighted by atomic mass is 10.1. The maximum absolute atomic E-state index is 13.7. The molecule has 0 aromatic heterocycles. The summed E-state index contributed by atoms with van der Waals surface area (Å²) in [6.45, 7) is 7.13. The lowest BCUT2D eigenvalue weighted by Crippen LogP contribution is -2.33. The highest BCUT2D eigenvalue weighted by atomic mass is 32.2. The van der Waals surface area contributed by atoms with Crippen LogP contribution >= 0.6 is 0 Å². The van der Waals surface area contributed by atoms with Gasteiger partial charge in [-0.2, -0.15) is 0 Å². The van der Waals surface area contributed by atoms with Crippen molar-refractivity contribution in [1.29, 1.82) is 0 Å². The van der Waals surface area contributed by atoms with Gasteiger partial charge in [0.2, 0.25) is 0 Å². The Kier molecular flexibility index (Phi) is 5.98. The van der Waals surface area contributed by atoms with Crippen LogP contribution in [0, 0.1) is 11.7 Å². The van der Waals surface area contributed by atoms with E-state index in [1.807, 2.05) is 20.8 Å². The van der Waals surface area contributed by atoms with Crippen molar-refractivity contribution in [2.75, 3.05) is 13.2 Å². The molecular formula is C17H26FNO2S. The Bertz CT molecular complexity index is 524. The second kappa shape index (κ2) is 7.55. The summed E-state index contributed by atoms with van der Waals surface area (Å²) in [5.74, 6) is 0.673. The summed E-state index contributed by atoms with van der Waals surface area (Å²) in [5.41, 5.74) is 1.05. The molecule has 3 nitrogen and oxygen atoms in total. The van der Waals surface area contributed by atoms with E-state index in [1.165, 1.54) is 18.9 Å². The minimum atomic E-state index is -1.04. The highest BCUT2D eigenvalue weighted by Crippen LogP contribution is 2.30. The van der Waals surface area contributed by atoms with E-state index < -0.39 is 11.0 Å². The first-order valence-corrected chi connectivity index (χ1v) is 9.08. The Morgan fingerprint density at radius 2 is 2.09 bits per heavy atom. The van der Waals surface area contributed by atoms with E-state index >= 15 is 0 Å². The quantitative estimate of drug-likeness (QED) is 0.741. The fraction of sp³-hybridized carbons (Fsp3) is 0.647. The van der Waals surface area contributed by atoms with Crippen LogP contribution in [0.2, 0.25) is 0 Å². The zero-order chi connectivity index (χ0) is 16.2. The van der Waals surface area contributed by atoms with Gasteiger partial charge in [-0.05, 0) is 70.1 Å². The molecule has 1 fully saturated rings. The van der Waals surface area contributed by atoms with Crippen molar-refractivity contribution in [3.63, 3.8) is 0 Å². The monoisotopic (exact) mass is 327 g/mol. The molecule has 0 heterocycles. The molecule has 1 aromatic rings. The lowest BCUT2D eigenvalue weighted by molar-refractivity contribution is 0.285. The van der Waals surface area contributed by atoms with E-state index in [1.54, 1.807) is 12.1 Å². The minimum Gasteiger partial charge on any atom is -0.490 e. The zero-order valence-electron chi connectivity index (χ0n) is 13.7. The van der Waals surface area contributed by atoms with E-state index in [0.29, 0.717) is 24.8 Å². The third-order valence-corrected chi connectivity index (χ3v) is 5.18. The SMILES string of the molecule is CC(C)(C)S(=O)NCCCc1ccc(F)c(OCC2CC2)c1. The van der Waals surface area contributed by atoms with Crippen LogP contribution in [0.3, 0.4) is 0 Å². The normalized spacial score (nSPS) is 16.5. The third kappa shape index (κ3) is 5.69. The van der Waals surface area contributed by atoms with Crippen LogP contribution in [0.5, 0.6) is 5.75 Å². The molecule has 0 radical (unpaired) electrons. The summed E-state index contributed by atoms with van der Waals surface area (Å²) < 4.78 is 33.9. The van der Waals surface area contributed by atoms with Crippen molar-refractivity contribution < 1.29 is 13.3 Å². The van der Waals surface area contributed by atoms with Crippen molar-refractivity contribution in [2.45, 2.75) is 51.2 Å². The average molecular weight is 327 g/mol. The van der Waals surface area contributed by atoms with Crippen molar-refractivity contribution in [3.8, 4) is 5.75 Å². The van der Waals surface area contributed by atoms with Crippen LogP contribution in [0.4, 0.5) is 4.39 Å². The van der Waals surface area contributed by atoms with Crippen LogP contribution in [-0.4, -0.2) is 22.1 Å². The predicted octanol–water partition coefficient (Wildman–Crippen LogP) is 3.60. The van der Waals surface area contributed by atoms with E-state index in [-0.39, 0.29) is 10.6 Å². The first kappa shape index (κ1) is 17.4. The summed E-state index contributed by atoms with van der Waals surface area (Å²) in [6.07, 6.45) is 4.06. The highest BCUT2D eigenvalue weighted by Gasteiger charge is 2.22. The summed E-state index contributed by atoms with van der Waals surface area (Å²) in [5, 5.41) is 0. The maximum Gasteiger partial charge on any atom is 0.165 e. The molecule has 2 rings (SSSR count). The molecule has 1 aliphatic rings. The van der Waals surface area contributed by atoms with Crippen LogP contribution in [-0.2, 0) is 17.4 Å². The minimum absolute atomic E-state index is 0.250. The second-order valence-electron chi connectivity index (χ2n) is 6.90. The molecule has 5 heteroatoms. The van der Waals surface area contributed by atoms with Crippen LogP contribution < -0.4 is 9.46 Å². The van der Waals surface area contributed by atoms with Gasteiger partial charge in [0.05, 0.1) is 22.3 Å². The number of hydrogen-bond donors (Lipinski definition) is 1. The Morgan fingerprint density at radius 3 is 2.73 bits per heavy atom. The fourth-order valence-electron chi connectivity index (χ4n) is 1.98. The molecule has 22 heavy (non-hydrogen) atoms. The number of aryl methyl sites for hydroxylation is 1. The van der Waals surface area contributed by atoms with Crippen molar-refractivity contribution in [3.05, 3.63) is 29.6 Å². The molecule has 124 valence electrons. The van der Waals surface area contributed by atoms with Gasteiger partial charge in [0.1, 0.15) is 0 Å². The number of benzene rings is 1. The third-order valence-electron chi connectivity index (χ3n) is 3.60. The molecule has 1 aliphatic carbocycles. The summed E-state index contributed by atoms with van der Waals surface area (Å²) in [4.78, 5) is 0. The van der Waals surface area contributed by atoms with E-state index in [4.69, 9.17) is 4.74 Å². The Hall–Kier alpha value is -0.940. The molecule has 1 unspecified atom stereocenters. The van der Waals surface area contributed by atoms with Crippen molar-refractivity contribution >= 4 is 11.0 Å². The van der Waals surface area contributed by atoms with E-state index in [2.05, 4.69) is 4.72 Å². The number of nitrogens with one attached hydrogen (secondary N) is 1. The molecule has 1 aromatic carbocycles. The average Bonchev–Trinajstić information content (AvgIpc) is 3.26. The lowest BCUT2D eigenvalue weighted by Gasteiger charge is -2.18. The maximum atomic E-state index is 13.7. The number of ether oxygens (including phenoxy) is 1. The number of halogens is 1. The van der Waals surface area contributed by atoms with Crippen LogP contribution in [0.1, 0.15) is 45.6 Å². The predicted molar refractivity (Wildman–Crippen MR) is 88.8 cm³/mol. The molecule has 0 bridgehead atoms. The molecule has 0 aliphatic heterocycles. The van der Waals surface area contributed by atoms with E-state index in [0.717, 1.165) is 18.4 Å². The van der Waals surface area contributed by atoms with Gasteiger partial charge < -0.3 is 4.74 Å². The standard InChI is InChI=1S/C17H26FNO2S/c1-17(2,3)22(20)19-10-4-5-13-8-9-15(18)16(11-13)21-12-14-6-7-14/h8-9,11,14,19H,4-7,10,12H2,1-3H3. The van der Waals surface area contributed by atoms with Gasteiger partial charge in [-0.15, -0.1) is 0 Å². The van der Waals surface area contributed by atoms with Gasteiger partial charge in [-0.25, -0.2) is 13.3 Å². The topological polar surface area (TPSA) is 38.3 Å². The molecule has 1 atom stereocenters. The summed E-state index contributed by atoms with van der Waals surface area (Å²) in [6, 6.07) is 5.05. The smallest absolute Gasteiger partial charge is 0.165 e. The zero-order valence-corrected chi connectivity index (χ0v) is 14.5. The second-order valence-corrected chi connectivity index (χ2v) is 8.95. The van der Waals surface area contributed by atoms with Gasteiger partial charge in [0, 0.05) is 6.54 Å². The van der Waals surface area contributed by atoms with Crippen molar-refractivity contribution in [2.24, 2.45) is 5.92 Å². The van der Waals surface area contributed by atoms with Gasteiger partial charge in [-0.3, -0.25) is 0 Å². The summed E-state index contributed by atoms with van der Waals surface area (Å²) >= 11 is 0. The van der Waals surface area contributed by atoms with E-state index in [9.17, 15) is 8.60 Å². The molecule has 0 spiro atoms. The molecule has 0 amide bonds. The van der Waals surface area contributed by atoms with Gasteiger partial charge >= 0.3 is 0 Å². The molecule has 1 saturated carbocycles. The summed E-state index contributed by atoms with van der Waals surface area (Å²) in [7, 11) is -1.04. The Labute approximate surface area is 135 Å². The Balaban J connectivity index is 1.77. The first-order chi connectivity index (χ1) is 10.4. The molecule has 1 N–H and O–H groups in total. The van der Waals surface area contributed by atoms with Crippen LogP contribution in [0.15, 0.2) is 18.2 Å².